The molecule has 3 aromatic heterocycles. The van der Waals surface area contributed by atoms with Crippen LogP contribution in [0.25, 0.3) is 23.0 Å². The Hall–Kier alpha value is -2.57. The zero-order chi connectivity index (χ0) is 20.6. The van der Waals surface area contributed by atoms with Crippen LogP contribution in [0.5, 0.6) is 0 Å². The summed E-state index contributed by atoms with van der Waals surface area (Å²) in [5, 5.41) is 11.2. The molecule has 0 aliphatic carbocycles. The molecule has 0 amide bonds. The van der Waals surface area contributed by atoms with Crippen molar-refractivity contribution in [3.63, 3.8) is 0 Å². The van der Waals surface area contributed by atoms with Crippen LogP contribution in [-0.2, 0) is 6.18 Å². The second-order valence-electron chi connectivity index (χ2n) is 6.63. The summed E-state index contributed by atoms with van der Waals surface area (Å²) in [6, 6.07) is 1.27. The van der Waals surface area contributed by atoms with E-state index in [0.717, 1.165) is 32.1 Å². The molecule has 0 aromatic carbocycles. The maximum absolute atomic E-state index is 12.9. The molecule has 1 fully saturated rings. The molecular weight excluding hydrogens is 460 g/mol. The summed E-state index contributed by atoms with van der Waals surface area (Å²) in [4.78, 5) is 15.3. The predicted octanol–water partition coefficient (Wildman–Crippen LogP) is 3.20. The number of hydrogen-bond donors (Lipinski definition) is 2. The van der Waals surface area contributed by atoms with E-state index in [1.807, 2.05) is 0 Å². The molecule has 1 saturated heterocycles. The minimum Gasteiger partial charge on any atom is -0.414 e. The Kier molecular flexibility index (Phi) is 7.73. The topological polar surface area (TPSA) is 129 Å². The smallest absolute Gasteiger partial charge is 0.414 e. The number of nitrogen functional groups attached to an aromatic ring is 1. The van der Waals surface area contributed by atoms with E-state index in [9.17, 15) is 13.2 Å². The van der Waals surface area contributed by atoms with Gasteiger partial charge < -0.3 is 15.5 Å². The molecule has 0 bridgehead atoms. The number of aryl methyl sites for hydroxylation is 1. The minimum absolute atomic E-state index is 0. The third-order valence-corrected chi connectivity index (χ3v) is 4.63. The van der Waals surface area contributed by atoms with E-state index in [0.29, 0.717) is 17.0 Å². The summed E-state index contributed by atoms with van der Waals surface area (Å²) in [5.74, 6) is -1.05. The van der Waals surface area contributed by atoms with Crippen LogP contribution in [0.1, 0.15) is 36.0 Å². The van der Waals surface area contributed by atoms with Gasteiger partial charge in [0.05, 0.1) is 17.0 Å². The predicted molar refractivity (Wildman–Crippen MR) is 110 cm³/mol. The van der Waals surface area contributed by atoms with E-state index in [1.54, 1.807) is 6.92 Å². The number of hydrogen-bond acceptors (Lipinski definition) is 9. The highest BCUT2D eigenvalue weighted by atomic mass is 35.5. The lowest BCUT2D eigenvalue weighted by atomic mass is 9.90. The van der Waals surface area contributed by atoms with Crippen molar-refractivity contribution in [1.29, 1.82) is 0 Å². The van der Waals surface area contributed by atoms with Gasteiger partial charge >= 0.3 is 6.18 Å². The lowest BCUT2D eigenvalue weighted by Gasteiger charge is -2.24. The molecule has 0 spiro atoms. The van der Waals surface area contributed by atoms with Gasteiger partial charge in [-0.25, -0.2) is 19.9 Å². The third-order valence-electron chi connectivity index (χ3n) is 4.63. The molecule has 9 nitrogen and oxygen atoms in total. The number of nitrogens with one attached hydrogen (secondary N) is 1. The highest BCUT2D eigenvalue weighted by molar-refractivity contribution is 5.85. The summed E-state index contributed by atoms with van der Waals surface area (Å²) >= 11 is 0. The molecule has 1 aliphatic heterocycles. The number of nitrogens with zero attached hydrogens (tertiary/aromatic N) is 6. The van der Waals surface area contributed by atoms with Gasteiger partial charge in [0.25, 0.3) is 11.8 Å². The van der Waals surface area contributed by atoms with Crippen LogP contribution in [0.4, 0.5) is 19.1 Å². The summed E-state index contributed by atoms with van der Waals surface area (Å²) in [7, 11) is 0. The minimum atomic E-state index is -4.68. The largest absolute Gasteiger partial charge is 0.451 e. The quantitative estimate of drug-likeness (QED) is 0.582. The van der Waals surface area contributed by atoms with Gasteiger partial charge in [0.15, 0.2) is 0 Å². The van der Waals surface area contributed by atoms with Crippen molar-refractivity contribution < 1.29 is 17.6 Å². The van der Waals surface area contributed by atoms with Crippen molar-refractivity contribution >= 4 is 30.8 Å². The lowest BCUT2D eigenvalue weighted by Crippen LogP contribution is -2.27. The van der Waals surface area contributed by atoms with E-state index in [4.69, 9.17) is 10.2 Å². The van der Waals surface area contributed by atoms with Gasteiger partial charge in [0.1, 0.15) is 5.69 Å². The Balaban J connectivity index is 0.00000171. The number of aromatic nitrogens is 6. The van der Waals surface area contributed by atoms with E-state index >= 15 is 0 Å². The first-order valence-corrected chi connectivity index (χ1v) is 8.92. The average Bonchev–Trinajstić information content (AvgIpc) is 3.17. The number of rotatable bonds is 3. The van der Waals surface area contributed by atoms with Crippen LogP contribution in [0.2, 0.25) is 0 Å². The van der Waals surface area contributed by atoms with Crippen LogP contribution < -0.4 is 11.1 Å². The van der Waals surface area contributed by atoms with Crippen LogP contribution in [-0.4, -0.2) is 43.2 Å². The molecule has 3 aromatic rings. The van der Waals surface area contributed by atoms with Crippen LogP contribution in [0.15, 0.2) is 16.7 Å². The van der Waals surface area contributed by atoms with Gasteiger partial charge in [-0.3, -0.25) is 0 Å². The van der Waals surface area contributed by atoms with Gasteiger partial charge in [0, 0.05) is 12.1 Å². The van der Waals surface area contributed by atoms with Gasteiger partial charge in [-0.1, -0.05) is 0 Å². The fraction of sp³-hybridized carbons (Fsp3) is 0.412. The SMILES string of the molecule is Cc1nc(N)nc(C2CCNCC2)c1-c1nnc(-c2ccnc(C(F)(F)F)n2)o1.Cl.Cl. The molecule has 0 saturated carbocycles. The Morgan fingerprint density at radius 2 is 1.74 bits per heavy atom. The fourth-order valence-electron chi connectivity index (χ4n) is 3.31. The van der Waals surface area contributed by atoms with Crippen LogP contribution >= 0.6 is 24.8 Å². The summed E-state index contributed by atoms with van der Waals surface area (Å²) in [5.41, 5.74) is 7.52. The maximum atomic E-state index is 12.9. The first-order valence-electron chi connectivity index (χ1n) is 8.92. The van der Waals surface area contributed by atoms with Crippen molar-refractivity contribution in [1.82, 2.24) is 35.5 Å². The number of piperidine rings is 1. The van der Waals surface area contributed by atoms with Crippen molar-refractivity contribution in [3.05, 3.63) is 29.5 Å². The second-order valence-corrected chi connectivity index (χ2v) is 6.63. The second kappa shape index (κ2) is 9.71. The molecule has 14 heteroatoms. The van der Waals surface area contributed by atoms with E-state index in [1.165, 1.54) is 6.07 Å². The van der Waals surface area contributed by atoms with E-state index in [-0.39, 0.29) is 54.2 Å². The van der Waals surface area contributed by atoms with Gasteiger partial charge in [-0.05, 0) is 38.9 Å². The molecule has 1 aliphatic rings. The Labute approximate surface area is 187 Å². The summed E-state index contributed by atoms with van der Waals surface area (Å²) in [6.07, 6.45) is -1.98. The lowest BCUT2D eigenvalue weighted by molar-refractivity contribution is -0.144. The van der Waals surface area contributed by atoms with E-state index < -0.39 is 12.0 Å². The summed E-state index contributed by atoms with van der Waals surface area (Å²) in [6.45, 7) is 3.42. The van der Waals surface area contributed by atoms with Crippen LogP contribution in [0, 0.1) is 6.92 Å². The normalized spacial score (nSPS) is 14.6. The number of nitrogens with two attached hydrogens (primary N) is 1. The molecular formula is C17H19Cl2F3N8O. The van der Waals surface area contributed by atoms with Crippen LogP contribution in [0.3, 0.4) is 0 Å². The van der Waals surface area contributed by atoms with Crippen molar-refractivity contribution in [3.8, 4) is 23.0 Å². The van der Waals surface area contributed by atoms with Crippen molar-refractivity contribution in [2.45, 2.75) is 31.9 Å². The standard InChI is InChI=1S/C17H17F3N8O.2ClH/c1-8-11(12(26-16(21)24-8)9-2-5-22-6-3-9)14-28-27-13(29-14)10-4-7-23-15(25-10)17(18,19)20;;/h4,7,9,22H,2-3,5-6H2,1H3,(H2,21,24,26);2*1H. The highest BCUT2D eigenvalue weighted by Crippen LogP contribution is 2.35. The van der Waals surface area contributed by atoms with Gasteiger partial charge in [-0.15, -0.1) is 35.0 Å². The molecule has 168 valence electrons. The Bertz CT molecular complexity index is 1040. The first-order chi connectivity index (χ1) is 13.8. The Morgan fingerprint density at radius 1 is 1.06 bits per heavy atom. The molecule has 31 heavy (non-hydrogen) atoms. The zero-order valence-electron chi connectivity index (χ0n) is 16.2. The third kappa shape index (κ3) is 5.20. The van der Waals surface area contributed by atoms with Gasteiger partial charge in [0.2, 0.25) is 11.8 Å². The number of halogens is 5. The highest BCUT2D eigenvalue weighted by Gasteiger charge is 2.35. The molecule has 4 rings (SSSR count). The number of alkyl halides is 3. The van der Waals surface area contributed by atoms with E-state index in [2.05, 4.69) is 35.5 Å². The Morgan fingerprint density at radius 3 is 2.42 bits per heavy atom. The monoisotopic (exact) mass is 478 g/mol. The first kappa shape index (κ1) is 24.7. The number of anilines is 1. The summed E-state index contributed by atoms with van der Waals surface area (Å²) < 4.78 is 44.3. The van der Waals surface area contributed by atoms with Crippen molar-refractivity contribution in [2.75, 3.05) is 18.8 Å². The zero-order valence-corrected chi connectivity index (χ0v) is 17.8. The fourth-order valence-corrected chi connectivity index (χ4v) is 3.31. The average molecular weight is 479 g/mol. The maximum Gasteiger partial charge on any atom is 0.451 e. The molecule has 0 atom stereocenters. The molecule has 0 unspecified atom stereocenters. The molecule has 0 radical (unpaired) electrons. The molecule has 3 N–H and O–H groups in total. The molecule has 4 heterocycles. The van der Waals surface area contributed by atoms with Gasteiger partial charge in [-0.2, -0.15) is 13.2 Å². The van der Waals surface area contributed by atoms with Crippen molar-refractivity contribution in [2.24, 2.45) is 0 Å².